The Morgan fingerprint density at radius 2 is 1.71 bits per heavy atom. The Kier molecular flexibility index (Phi) is 6.11. The lowest BCUT2D eigenvalue weighted by Crippen LogP contribution is -2.37. The van der Waals surface area contributed by atoms with Crippen molar-refractivity contribution in [2.45, 2.75) is 43.9 Å². The summed E-state index contributed by atoms with van der Waals surface area (Å²) < 4.78 is 27.4. The highest BCUT2D eigenvalue weighted by Crippen LogP contribution is 2.31. The van der Waals surface area contributed by atoms with Crippen LogP contribution in [0.5, 0.6) is 0 Å². The van der Waals surface area contributed by atoms with Crippen LogP contribution >= 0.6 is 0 Å². The molecule has 1 saturated heterocycles. The summed E-state index contributed by atoms with van der Waals surface area (Å²) in [4.78, 5) is 27.1. The molecule has 0 aromatic heterocycles. The number of carbonyl (C=O) groups is 2. The zero-order chi connectivity index (χ0) is 22.0. The molecule has 4 rings (SSSR count). The Labute approximate surface area is 183 Å². The highest BCUT2D eigenvalue weighted by molar-refractivity contribution is 7.89. The molecule has 7 nitrogen and oxygen atoms in total. The Balaban J connectivity index is 1.57. The molecule has 2 aromatic rings. The van der Waals surface area contributed by atoms with E-state index in [4.69, 9.17) is 0 Å². The fourth-order valence-corrected chi connectivity index (χ4v) is 5.69. The molecule has 0 atom stereocenters. The highest BCUT2D eigenvalue weighted by Gasteiger charge is 2.30. The molecule has 164 valence electrons. The van der Waals surface area contributed by atoms with Gasteiger partial charge in [-0.05, 0) is 68.5 Å². The van der Waals surface area contributed by atoms with Gasteiger partial charge in [-0.2, -0.15) is 4.31 Å². The van der Waals surface area contributed by atoms with Crippen molar-refractivity contribution in [1.82, 2.24) is 4.31 Å². The van der Waals surface area contributed by atoms with Crippen molar-refractivity contribution in [3.05, 3.63) is 53.6 Å². The van der Waals surface area contributed by atoms with Crippen molar-refractivity contribution >= 4 is 33.2 Å². The topological polar surface area (TPSA) is 86.8 Å². The maximum absolute atomic E-state index is 12.9. The van der Waals surface area contributed by atoms with E-state index in [0.717, 1.165) is 24.0 Å². The van der Waals surface area contributed by atoms with Gasteiger partial charge in [0, 0.05) is 30.9 Å². The minimum atomic E-state index is -3.53. The van der Waals surface area contributed by atoms with Crippen LogP contribution in [0.15, 0.2) is 47.4 Å². The molecule has 8 heteroatoms. The van der Waals surface area contributed by atoms with E-state index < -0.39 is 10.0 Å². The summed E-state index contributed by atoms with van der Waals surface area (Å²) >= 11 is 0. The Bertz CT molecular complexity index is 1090. The molecule has 2 aromatic carbocycles. The number of hydrogen-bond donors (Lipinski definition) is 1. The number of rotatable bonds is 5. The normalized spacial score (nSPS) is 17.3. The number of benzene rings is 2. The summed E-state index contributed by atoms with van der Waals surface area (Å²) in [6.45, 7) is 2.95. The third-order valence-electron chi connectivity index (χ3n) is 5.82. The number of sulfonamides is 1. The first-order valence-electron chi connectivity index (χ1n) is 10.6. The predicted octanol–water partition coefficient (Wildman–Crippen LogP) is 3.09. The Morgan fingerprint density at radius 1 is 1.00 bits per heavy atom. The van der Waals surface area contributed by atoms with Crippen LogP contribution < -0.4 is 10.2 Å². The van der Waals surface area contributed by atoms with Crippen molar-refractivity contribution in [3.8, 4) is 0 Å². The van der Waals surface area contributed by atoms with E-state index >= 15 is 0 Å². The summed E-state index contributed by atoms with van der Waals surface area (Å²) in [6.07, 6.45) is 3.29. The minimum absolute atomic E-state index is 0.113. The molecule has 2 aliphatic rings. The molecule has 2 aliphatic heterocycles. The molecule has 0 aliphatic carbocycles. The van der Waals surface area contributed by atoms with Crippen LogP contribution in [-0.2, 0) is 26.0 Å². The second kappa shape index (κ2) is 8.80. The molecule has 1 fully saturated rings. The number of aryl methyl sites for hydroxylation is 2. The predicted molar refractivity (Wildman–Crippen MR) is 120 cm³/mol. The van der Waals surface area contributed by atoms with E-state index in [1.807, 2.05) is 31.2 Å². The number of amides is 2. The van der Waals surface area contributed by atoms with Crippen molar-refractivity contribution in [2.24, 2.45) is 0 Å². The van der Waals surface area contributed by atoms with Gasteiger partial charge < -0.3 is 10.2 Å². The molecular weight excluding hydrogens is 414 g/mol. The summed E-state index contributed by atoms with van der Waals surface area (Å²) in [6, 6.07) is 12.3. The van der Waals surface area contributed by atoms with E-state index in [2.05, 4.69) is 5.32 Å². The van der Waals surface area contributed by atoms with Crippen LogP contribution in [0, 0.1) is 6.92 Å². The first-order valence-corrected chi connectivity index (χ1v) is 12.1. The van der Waals surface area contributed by atoms with Gasteiger partial charge in [-0.3, -0.25) is 9.59 Å². The summed E-state index contributed by atoms with van der Waals surface area (Å²) in [5, 5.41) is 2.83. The van der Waals surface area contributed by atoms with Crippen molar-refractivity contribution in [2.75, 3.05) is 29.9 Å². The van der Waals surface area contributed by atoms with Gasteiger partial charge in [0.1, 0.15) is 6.54 Å². The third-order valence-corrected chi connectivity index (χ3v) is 7.71. The third kappa shape index (κ3) is 4.65. The number of hydrogen-bond acceptors (Lipinski definition) is 4. The fourth-order valence-electron chi connectivity index (χ4n) is 4.12. The average molecular weight is 442 g/mol. The van der Waals surface area contributed by atoms with E-state index in [1.54, 1.807) is 18.2 Å². The van der Waals surface area contributed by atoms with E-state index in [1.165, 1.54) is 9.21 Å². The molecule has 1 N–H and O–H groups in total. The molecule has 0 radical (unpaired) electrons. The zero-order valence-electron chi connectivity index (χ0n) is 17.6. The lowest BCUT2D eigenvalue weighted by molar-refractivity contribution is -0.121. The number of anilines is 2. The molecule has 0 saturated carbocycles. The quantitative estimate of drug-likeness (QED) is 0.773. The smallest absolute Gasteiger partial charge is 0.244 e. The molecule has 0 bridgehead atoms. The van der Waals surface area contributed by atoms with Gasteiger partial charge >= 0.3 is 0 Å². The van der Waals surface area contributed by atoms with Gasteiger partial charge in [0.2, 0.25) is 21.8 Å². The number of nitrogens with zero attached hydrogens (tertiary/aromatic N) is 2. The summed E-state index contributed by atoms with van der Waals surface area (Å²) in [7, 11) is -3.53. The van der Waals surface area contributed by atoms with E-state index in [0.29, 0.717) is 43.7 Å². The van der Waals surface area contributed by atoms with E-state index in [9.17, 15) is 18.0 Å². The van der Waals surface area contributed by atoms with Crippen LogP contribution in [0.3, 0.4) is 0 Å². The first kappa shape index (κ1) is 21.5. The molecular formula is C23H27N3O4S. The largest absolute Gasteiger partial charge is 0.325 e. The molecule has 0 unspecified atom stereocenters. The fraction of sp³-hybridized carbons (Fsp3) is 0.391. The monoisotopic (exact) mass is 441 g/mol. The van der Waals surface area contributed by atoms with Gasteiger partial charge in [0.05, 0.1) is 4.90 Å². The Hall–Kier alpha value is -2.71. The molecule has 2 amide bonds. The number of carbonyl (C=O) groups excluding carboxylic acids is 2. The van der Waals surface area contributed by atoms with Crippen LogP contribution in [0.2, 0.25) is 0 Å². The van der Waals surface area contributed by atoms with Crippen molar-refractivity contribution in [3.63, 3.8) is 0 Å². The van der Waals surface area contributed by atoms with Gasteiger partial charge in [-0.15, -0.1) is 0 Å². The van der Waals surface area contributed by atoms with Crippen LogP contribution in [0.1, 0.15) is 36.8 Å². The van der Waals surface area contributed by atoms with Gasteiger partial charge in [0.25, 0.3) is 0 Å². The minimum Gasteiger partial charge on any atom is -0.325 e. The summed E-state index contributed by atoms with van der Waals surface area (Å²) in [5.41, 5.74) is 3.16. The average Bonchev–Trinajstić information content (AvgIpc) is 3.25. The number of nitrogens with one attached hydrogen (secondary N) is 1. The van der Waals surface area contributed by atoms with Crippen LogP contribution in [0.4, 0.5) is 11.4 Å². The van der Waals surface area contributed by atoms with Crippen LogP contribution in [0.25, 0.3) is 0 Å². The van der Waals surface area contributed by atoms with Gasteiger partial charge in [-0.1, -0.05) is 17.7 Å². The molecule has 0 spiro atoms. The molecule has 2 heterocycles. The van der Waals surface area contributed by atoms with Crippen molar-refractivity contribution < 1.29 is 18.0 Å². The second-order valence-corrected chi connectivity index (χ2v) is 10.1. The highest BCUT2D eigenvalue weighted by atomic mass is 32.2. The van der Waals surface area contributed by atoms with E-state index in [-0.39, 0.29) is 23.3 Å². The zero-order valence-corrected chi connectivity index (χ0v) is 18.5. The first-order chi connectivity index (χ1) is 14.8. The summed E-state index contributed by atoms with van der Waals surface area (Å²) in [5.74, 6) is -0.424. The molecule has 31 heavy (non-hydrogen) atoms. The maximum atomic E-state index is 12.9. The number of fused-ring (bicyclic) bond motifs is 1. The van der Waals surface area contributed by atoms with Crippen molar-refractivity contribution in [1.29, 1.82) is 0 Å². The lowest BCUT2D eigenvalue weighted by Gasteiger charge is -2.23. The second-order valence-electron chi connectivity index (χ2n) is 8.15. The maximum Gasteiger partial charge on any atom is 0.244 e. The van der Waals surface area contributed by atoms with Crippen LogP contribution in [-0.4, -0.2) is 44.2 Å². The lowest BCUT2D eigenvalue weighted by atomic mass is 10.1. The van der Waals surface area contributed by atoms with Gasteiger partial charge in [0.15, 0.2) is 0 Å². The Morgan fingerprint density at radius 3 is 2.42 bits per heavy atom. The van der Waals surface area contributed by atoms with Gasteiger partial charge in [-0.25, -0.2) is 8.42 Å². The standard InChI is InChI=1S/C23H27N3O4S/c1-17-7-9-19(10-8-17)24-22(27)16-26-21-12-11-20(15-18(21)5-4-6-23(26)28)31(29,30)25-13-2-3-14-25/h7-12,15H,2-6,13-14,16H2,1H3,(H,24,27). The SMILES string of the molecule is Cc1ccc(NC(=O)CN2C(=O)CCCc3cc(S(=O)(=O)N4CCCC4)ccc32)cc1.